The van der Waals surface area contributed by atoms with Crippen molar-refractivity contribution in [3.8, 4) is 0 Å². The maximum atomic E-state index is 6.10. The van der Waals surface area contributed by atoms with Crippen molar-refractivity contribution < 1.29 is 4.74 Å². The number of ether oxygens (including phenoxy) is 1. The molecule has 8 heteroatoms. The summed E-state index contributed by atoms with van der Waals surface area (Å²) < 4.78 is 6.80. The van der Waals surface area contributed by atoms with E-state index >= 15 is 0 Å². The van der Waals surface area contributed by atoms with Crippen LogP contribution in [-0.4, -0.2) is 60.4 Å². The Hall–Kier alpha value is -1.15. The molecule has 4 rings (SSSR count). The quantitative estimate of drug-likeness (QED) is 0.781. The topological polar surface area (TPSA) is 40.6 Å². The molecule has 0 bridgehead atoms. The lowest BCUT2D eigenvalue weighted by Gasteiger charge is -2.25. The van der Waals surface area contributed by atoms with Crippen molar-refractivity contribution in [1.82, 2.24) is 15.2 Å². The molecule has 1 aromatic carbocycles. The van der Waals surface area contributed by atoms with Crippen molar-refractivity contribution in [3.63, 3.8) is 0 Å². The van der Waals surface area contributed by atoms with Crippen molar-refractivity contribution in [2.75, 3.05) is 44.2 Å². The summed E-state index contributed by atoms with van der Waals surface area (Å²) in [6.07, 6.45) is 3.67. The lowest BCUT2D eigenvalue weighted by atomic mass is 10.2. The highest BCUT2D eigenvalue weighted by Gasteiger charge is 2.21. The number of fused-ring (bicyclic) bond motifs is 1. The molecular formula is C18H23ClN4OS2. The van der Waals surface area contributed by atoms with Gasteiger partial charge in [0.05, 0.1) is 16.3 Å². The summed E-state index contributed by atoms with van der Waals surface area (Å²) in [6.45, 7) is 5.51. The van der Waals surface area contributed by atoms with E-state index in [4.69, 9.17) is 33.5 Å². The molecular weight excluding hydrogens is 388 g/mol. The first-order chi connectivity index (χ1) is 12.7. The van der Waals surface area contributed by atoms with Crippen LogP contribution in [0.5, 0.6) is 0 Å². The van der Waals surface area contributed by atoms with E-state index in [-0.39, 0.29) is 0 Å². The predicted molar refractivity (Wildman–Crippen MR) is 113 cm³/mol. The first-order valence-corrected chi connectivity index (χ1v) is 10.7. The van der Waals surface area contributed by atoms with E-state index in [9.17, 15) is 0 Å². The van der Waals surface area contributed by atoms with Crippen molar-refractivity contribution in [2.24, 2.45) is 0 Å². The zero-order valence-electron chi connectivity index (χ0n) is 14.6. The van der Waals surface area contributed by atoms with Gasteiger partial charge in [-0.3, -0.25) is 0 Å². The molecule has 2 fully saturated rings. The smallest absolute Gasteiger partial charge is 0.186 e. The lowest BCUT2D eigenvalue weighted by molar-refractivity contribution is 0.113. The molecule has 0 saturated carbocycles. The summed E-state index contributed by atoms with van der Waals surface area (Å²) >= 11 is 13.4. The molecule has 0 radical (unpaired) electrons. The summed E-state index contributed by atoms with van der Waals surface area (Å²) in [5.41, 5.74) is 1.02. The number of halogens is 1. The zero-order chi connectivity index (χ0) is 17.9. The van der Waals surface area contributed by atoms with Gasteiger partial charge in [-0.2, -0.15) is 0 Å². The number of aromatic nitrogens is 1. The molecule has 0 unspecified atom stereocenters. The first-order valence-electron chi connectivity index (χ1n) is 9.14. The fraction of sp³-hybridized carbons (Fsp3) is 0.556. The van der Waals surface area contributed by atoms with E-state index < -0.39 is 0 Å². The third-order valence-corrected chi connectivity index (χ3v) is 6.61. The van der Waals surface area contributed by atoms with Crippen LogP contribution in [0.15, 0.2) is 18.2 Å². The molecule has 1 atom stereocenters. The maximum Gasteiger partial charge on any atom is 0.186 e. The fourth-order valence-electron chi connectivity index (χ4n) is 3.45. The number of nitrogens with one attached hydrogen (secondary N) is 1. The maximum absolute atomic E-state index is 6.10. The Morgan fingerprint density at radius 2 is 2.23 bits per heavy atom. The predicted octanol–water partition coefficient (Wildman–Crippen LogP) is 3.52. The van der Waals surface area contributed by atoms with Crippen LogP contribution in [0.2, 0.25) is 5.02 Å². The van der Waals surface area contributed by atoms with Crippen molar-refractivity contribution in [1.29, 1.82) is 0 Å². The average molecular weight is 411 g/mol. The van der Waals surface area contributed by atoms with Gasteiger partial charge >= 0.3 is 0 Å². The van der Waals surface area contributed by atoms with E-state index in [1.807, 2.05) is 18.2 Å². The molecule has 26 heavy (non-hydrogen) atoms. The van der Waals surface area contributed by atoms with Crippen LogP contribution in [0.4, 0.5) is 5.13 Å². The minimum absolute atomic E-state index is 0.311. The Balaban J connectivity index is 1.35. The Labute approximate surface area is 168 Å². The van der Waals surface area contributed by atoms with Crippen LogP contribution in [-0.2, 0) is 4.74 Å². The van der Waals surface area contributed by atoms with Gasteiger partial charge in [0.15, 0.2) is 10.2 Å². The zero-order valence-corrected chi connectivity index (χ0v) is 17.0. The molecule has 2 saturated heterocycles. The molecule has 3 heterocycles. The van der Waals surface area contributed by atoms with Gasteiger partial charge in [-0.25, -0.2) is 4.98 Å². The number of nitrogens with zero attached hydrogens (tertiary/aromatic N) is 3. The SMILES string of the molecule is S=C(NC[C@H]1CCCO1)N1CCCN(c2nc3ccc(Cl)cc3s2)CC1. The molecule has 140 valence electrons. The van der Waals surface area contributed by atoms with Crippen molar-refractivity contribution in [2.45, 2.75) is 25.4 Å². The Kier molecular flexibility index (Phi) is 5.78. The minimum atomic E-state index is 0.311. The summed E-state index contributed by atoms with van der Waals surface area (Å²) in [5, 5.41) is 6.07. The van der Waals surface area contributed by atoms with E-state index in [1.165, 1.54) is 0 Å². The van der Waals surface area contributed by atoms with Gasteiger partial charge in [0.2, 0.25) is 0 Å². The molecule has 2 aliphatic heterocycles. The van der Waals surface area contributed by atoms with Gasteiger partial charge in [0.25, 0.3) is 0 Å². The minimum Gasteiger partial charge on any atom is -0.376 e. The monoisotopic (exact) mass is 410 g/mol. The highest BCUT2D eigenvalue weighted by Crippen LogP contribution is 2.31. The average Bonchev–Trinajstić information content (AvgIpc) is 3.23. The molecule has 0 aliphatic carbocycles. The van der Waals surface area contributed by atoms with Crippen LogP contribution < -0.4 is 10.2 Å². The molecule has 0 spiro atoms. The molecule has 1 N–H and O–H groups in total. The van der Waals surface area contributed by atoms with Gasteiger partial charge in [0.1, 0.15) is 0 Å². The molecule has 2 aromatic rings. The lowest BCUT2D eigenvalue weighted by Crippen LogP contribution is -2.44. The third kappa shape index (κ3) is 4.22. The summed E-state index contributed by atoms with van der Waals surface area (Å²) in [4.78, 5) is 9.41. The second-order valence-corrected chi connectivity index (χ2v) is 8.59. The Morgan fingerprint density at radius 3 is 3.08 bits per heavy atom. The normalized spacial score (nSPS) is 21.2. The second-order valence-electron chi connectivity index (χ2n) is 6.76. The number of thiocarbonyl (C=S) groups is 1. The molecule has 1 aromatic heterocycles. The number of hydrogen-bond donors (Lipinski definition) is 1. The second kappa shape index (κ2) is 8.25. The summed E-state index contributed by atoms with van der Waals surface area (Å²) in [6, 6.07) is 5.88. The van der Waals surface area contributed by atoms with Gasteiger partial charge in [-0.1, -0.05) is 22.9 Å². The number of benzene rings is 1. The van der Waals surface area contributed by atoms with Gasteiger partial charge in [-0.15, -0.1) is 0 Å². The third-order valence-electron chi connectivity index (χ3n) is 4.90. The Morgan fingerprint density at radius 1 is 1.31 bits per heavy atom. The van der Waals surface area contributed by atoms with Crippen LogP contribution in [0.1, 0.15) is 19.3 Å². The van der Waals surface area contributed by atoms with E-state index in [0.29, 0.717) is 6.10 Å². The number of thiazole rings is 1. The highest BCUT2D eigenvalue weighted by atomic mass is 35.5. The number of rotatable bonds is 3. The summed E-state index contributed by atoms with van der Waals surface area (Å²) in [7, 11) is 0. The number of anilines is 1. The van der Waals surface area contributed by atoms with E-state index in [1.54, 1.807) is 11.3 Å². The summed E-state index contributed by atoms with van der Waals surface area (Å²) in [5.74, 6) is 0. The Bertz CT molecular complexity index is 778. The van der Waals surface area contributed by atoms with Crippen molar-refractivity contribution >= 4 is 55.6 Å². The van der Waals surface area contributed by atoms with Crippen LogP contribution in [0.25, 0.3) is 10.2 Å². The van der Waals surface area contributed by atoms with Crippen LogP contribution in [0.3, 0.4) is 0 Å². The molecule has 5 nitrogen and oxygen atoms in total. The fourth-order valence-corrected chi connectivity index (χ4v) is 5.01. The highest BCUT2D eigenvalue weighted by molar-refractivity contribution is 7.80. The van der Waals surface area contributed by atoms with Gasteiger partial charge in [-0.05, 0) is 49.7 Å². The molecule has 2 aliphatic rings. The van der Waals surface area contributed by atoms with E-state index in [0.717, 1.165) is 84.1 Å². The van der Waals surface area contributed by atoms with Crippen LogP contribution >= 0.6 is 35.2 Å². The largest absolute Gasteiger partial charge is 0.376 e. The van der Waals surface area contributed by atoms with Crippen molar-refractivity contribution in [3.05, 3.63) is 23.2 Å². The van der Waals surface area contributed by atoms with Gasteiger partial charge < -0.3 is 19.9 Å². The number of hydrogen-bond acceptors (Lipinski definition) is 5. The van der Waals surface area contributed by atoms with E-state index in [2.05, 4.69) is 15.1 Å². The van der Waals surface area contributed by atoms with Gasteiger partial charge in [0, 0.05) is 44.4 Å². The first kappa shape index (κ1) is 18.2. The van der Waals surface area contributed by atoms with Crippen LogP contribution in [0, 0.1) is 0 Å². The standard InChI is InChI=1S/C18H23ClN4OS2/c19-13-4-5-15-16(11-13)26-18(21-15)23-7-2-6-22(8-9-23)17(25)20-12-14-3-1-10-24-14/h4-5,11,14H,1-3,6-10,12H2,(H,20,25)/t14-/m1/s1. The molecule has 0 amide bonds.